The molecule has 0 aromatic carbocycles. The first-order valence-electron chi connectivity index (χ1n) is 5.07. The minimum absolute atomic E-state index is 0.308. The van der Waals surface area contributed by atoms with E-state index in [9.17, 15) is 0 Å². The Morgan fingerprint density at radius 1 is 1.00 bits per heavy atom. The van der Waals surface area contributed by atoms with Gasteiger partial charge in [0.15, 0.2) is 0 Å². The molecule has 0 aromatic heterocycles. The summed E-state index contributed by atoms with van der Waals surface area (Å²) in [5, 5.41) is 0. The zero-order valence-electron chi connectivity index (χ0n) is 8.40. The van der Waals surface area contributed by atoms with Gasteiger partial charge in [-0.1, -0.05) is 39.3 Å². The Morgan fingerprint density at radius 3 is 2.09 bits per heavy atom. The largest absolute Gasteiger partial charge is 0.304 e. The molecule has 0 radical (unpaired) electrons. The standard InChI is InChI=1S/C9H23NSi/c1-4-8-11-9-7-10(5-2)6-3/h4-9,11H2,1-3H3. The average molecular weight is 173 g/mol. The Kier molecular flexibility index (Phi) is 8.41. The average Bonchev–Trinajstić information content (AvgIpc) is 2.05. The minimum atomic E-state index is 0.308. The van der Waals surface area contributed by atoms with Crippen molar-refractivity contribution in [2.75, 3.05) is 19.6 Å². The van der Waals surface area contributed by atoms with Gasteiger partial charge in [-0.25, -0.2) is 0 Å². The lowest BCUT2D eigenvalue weighted by Gasteiger charge is -2.17. The normalized spacial score (nSPS) is 12.0. The molecule has 0 spiro atoms. The van der Waals surface area contributed by atoms with E-state index in [0.717, 1.165) is 0 Å². The summed E-state index contributed by atoms with van der Waals surface area (Å²) in [5.41, 5.74) is 0. The van der Waals surface area contributed by atoms with Crippen LogP contribution in [0.4, 0.5) is 0 Å². The molecule has 0 aliphatic heterocycles. The molecular weight excluding hydrogens is 150 g/mol. The molecule has 0 bridgehead atoms. The van der Waals surface area contributed by atoms with Crippen LogP contribution in [0.25, 0.3) is 0 Å². The van der Waals surface area contributed by atoms with Gasteiger partial charge in [0.25, 0.3) is 0 Å². The van der Waals surface area contributed by atoms with Crippen LogP contribution in [0.2, 0.25) is 12.1 Å². The van der Waals surface area contributed by atoms with E-state index in [1.165, 1.54) is 32.1 Å². The summed E-state index contributed by atoms with van der Waals surface area (Å²) in [6.07, 6.45) is 1.41. The van der Waals surface area contributed by atoms with Gasteiger partial charge in [0.05, 0.1) is 0 Å². The van der Waals surface area contributed by atoms with Crippen molar-refractivity contribution >= 4 is 9.52 Å². The highest BCUT2D eigenvalue weighted by Crippen LogP contribution is 1.94. The predicted molar refractivity (Wildman–Crippen MR) is 56.2 cm³/mol. The lowest BCUT2D eigenvalue weighted by atomic mass is 10.5. The number of nitrogens with zero attached hydrogens (tertiary/aromatic N) is 1. The molecule has 0 saturated carbocycles. The van der Waals surface area contributed by atoms with E-state index in [1.807, 2.05) is 0 Å². The minimum Gasteiger partial charge on any atom is -0.304 e. The van der Waals surface area contributed by atoms with Crippen LogP contribution in [0.5, 0.6) is 0 Å². The third-order valence-electron chi connectivity index (χ3n) is 2.22. The van der Waals surface area contributed by atoms with Crippen molar-refractivity contribution in [1.29, 1.82) is 0 Å². The lowest BCUT2D eigenvalue weighted by Crippen LogP contribution is -2.24. The summed E-state index contributed by atoms with van der Waals surface area (Å²) in [7, 11) is 0.308. The predicted octanol–water partition coefficient (Wildman–Crippen LogP) is 1.74. The molecule has 0 atom stereocenters. The molecule has 0 aliphatic rings. The smallest absolute Gasteiger partial charge is 0.0212 e. The van der Waals surface area contributed by atoms with E-state index >= 15 is 0 Å². The molecular formula is C9H23NSi. The Morgan fingerprint density at radius 2 is 1.64 bits per heavy atom. The molecule has 0 saturated heterocycles. The van der Waals surface area contributed by atoms with Gasteiger partial charge >= 0.3 is 0 Å². The van der Waals surface area contributed by atoms with Gasteiger partial charge in [0.1, 0.15) is 0 Å². The summed E-state index contributed by atoms with van der Waals surface area (Å²) < 4.78 is 0. The molecule has 11 heavy (non-hydrogen) atoms. The molecule has 0 unspecified atom stereocenters. The highest BCUT2D eigenvalue weighted by molar-refractivity contribution is 6.35. The lowest BCUT2D eigenvalue weighted by molar-refractivity contribution is 0.321. The Hall–Kier alpha value is 0.177. The fourth-order valence-corrected chi connectivity index (χ4v) is 2.83. The van der Waals surface area contributed by atoms with Crippen LogP contribution in [0.15, 0.2) is 0 Å². The Bertz CT molecular complexity index is 72.0. The number of hydrogen-bond donors (Lipinski definition) is 0. The van der Waals surface area contributed by atoms with Gasteiger partial charge in [-0.05, 0) is 19.6 Å². The van der Waals surface area contributed by atoms with Crippen molar-refractivity contribution < 1.29 is 0 Å². The van der Waals surface area contributed by atoms with E-state index in [1.54, 1.807) is 6.04 Å². The number of hydrogen-bond acceptors (Lipinski definition) is 1. The first kappa shape index (κ1) is 11.2. The molecule has 0 aromatic rings. The fraction of sp³-hybridized carbons (Fsp3) is 1.00. The van der Waals surface area contributed by atoms with E-state index in [0.29, 0.717) is 9.52 Å². The van der Waals surface area contributed by atoms with Crippen molar-refractivity contribution in [3.8, 4) is 0 Å². The van der Waals surface area contributed by atoms with Crippen molar-refractivity contribution in [1.82, 2.24) is 4.90 Å². The maximum Gasteiger partial charge on any atom is 0.0212 e. The van der Waals surface area contributed by atoms with Gasteiger partial charge < -0.3 is 4.90 Å². The molecule has 0 rings (SSSR count). The maximum atomic E-state index is 2.53. The zero-order chi connectivity index (χ0) is 8.53. The van der Waals surface area contributed by atoms with Crippen LogP contribution in [-0.4, -0.2) is 34.1 Å². The number of rotatable bonds is 7. The van der Waals surface area contributed by atoms with Crippen molar-refractivity contribution in [3.63, 3.8) is 0 Å². The molecule has 68 valence electrons. The van der Waals surface area contributed by atoms with Gasteiger partial charge in [-0.15, -0.1) is 0 Å². The van der Waals surface area contributed by atoms with Crippen LogP contribution in [0.1, 0.15) is 27.2 Å². The first-order valence-corrected chi connectivity index (χ1v) is 7.07. The summed E-state index contributed by atoms with van der Waals surface area (Å²) in [6, 6.07) is 3.07. The van der Waals surface area contributed by atoms with Gasteiger partial charge in [0.2, 0.25) is 0 Å². The zero-order valence-corrected chi connectivity index (χ0v) is 9.81. The first-order chi connectivity index (χ1) is 5.35. The van der Waals surface area contributed by atoms with Crippen LogP contribution >= 0.6 is 0 Å². The van der Waals surface area contributed by atoms with E-state index < -0.39 is 0 Å². The molecule has 0 heterocycles. The van der Waals surface area contributed by atoms with Crippen molar-refractivity contribution in [3.05, 3.63) is 0 Å². The van der Waals surface area contributed by atoms with Crippen molar-refractivity contribution in [2.45, 2.75) is 39.3 Å². The third-order valence-corrected chi connectivity index (χ3v) is 4.25. The highest BCUT2D eigenvalue weighted by atomic mass is 28.2. The summed E-state index contributed by atoms with van der Waals surface area (Å²) in [4.78, 5) is 2.53. The van der Waals surface area contributed by atoms with E-state index in [-0.39, 0.29) is 0 Å². The molecule has 0 amide bonds. The molecule has 0 aliphatic carbocycles. The van der Waals surface area contributed by atoms with Crippen LogP contribution < -0.4 is 0 Å². The molecule has 1 nitrogen and oxygen atoms in total. The quantitative estimate of drug-likeness (QED) is 0.419. The van der Waals surface area contributed by atoms with E-state index in [4.69, 9.17) is 0 Å². The third kappa shape index (κ3) is 6.57. The molecule has 0 fully saturated rings. The highest BCUT2D eigenvalue weighted by Gasteiger charge is 1.96. The second-order valence-corrected chi connectivity index (χ2v) is 5.21. The Balaban J connectivity index is 3.07. The van der Waals surface area contributed by atoms with Gasteiger partial charge in [0, 0.05) is 9.52 Å². The topological polar surface area (TPSA) is 3.24 Å². The van der Waals surface area contributed by atoms with E-state index in [2.05, 4.69) is 25.7 Å². The molecule has 2 heteroatoms. The maximum absolute atomic E-state index is 2.53. The second kappa shape index (κ2) is 8.28. The van der Waals surface area contributed by atoms with Crippen LogP contribution in [-0.2, 0) is 0 Å². The van der Waals surface area contributed by atoms with Crippen LogP contribution in [0, 0.1) is 0 Å². The summed E-state index contributed by atoms with van der Waals surface area (Å²) >= 11 is 0. The van der Waals surface area contributed by atoms with Crippen molar-refractivity contribution in [2.24, 2.45) is 0 Å². The summed E-state index contributed by atoms with van der Waals surface area (Å²) in [5.74, 6) is 0. The molecule has 0 N–H and O–H groups in total. The second-order valence-electron chi connectivity index (χ2n) is 3.09. The van der Waals surface area contributed by atoms with Crippen LogP contribution in [0.3, 0.4) is 0 Å². The van der Waals surface area contributed by atoms with Gasteiger partial charge in [-0.2, -0.15) is 0 Å². The van der Waals surface area contributed by atoms with Gasteiger partial charge in [-0.3, -0.25) is 0 Å². The Labute approximate surface area is 74.0 Å². The monoisotopic (exact) mass is 173 g/mol. The fourth-order valence-electron chi connectivity index (χ4n) is 1.30. The SMILES string of the molecule is CCC[SiH2]CCN(CC)CC. The summed E-state index contributed by atoms with van der Waals surface area (Å²) in [6.45, 7) is 10.6.